The first-order valence-electron chi connectivity index (χ1n) is 9.51. The summed E-state index contributed by atoms with van der Waals surface area (Å²) in [5, 5.41) is 7.63. The third-order valence-corrected chi connectivity index (χ3v) is 5.46. The number of hydrogen-bond donors (Lipinski definition) is 1. The number of aromatic nitrogens is 2. The fraction of sp³-hybridized carbons (Fsp3) is 0.450. The van der Waals surface area contributed by atoms with Gasteiger partial charge in [0.2, 0.25) is 11.8 Å². The van der Waals surface area contributed by atoms with Crippen LogP contribution in [0.25, 0.3) is 0 Å². The van der Waals surface area contributed by atoms with Crippen LogP contribution in [-0.4, -0.2) is 66.4 Å². The van der Waals surface area contributed by atoms with Gasteiger partial charge in [-0.25, -0.2) is 0 Å². The summed E-state index contributed by atoms with van der Waals surface area (Å²) in [7, 11) is 1.59. The lowest BCUT2D eigenvalue weighted by molar-refractivity contribution is -0.134. The van der Waals surface area contributed by atoms with Crippen molar-refractivity contribution in [2.45, 2.75) is 20.4 Å². The Morgan fingerprint density at radius 2 is 1.86 bits per heavy atom. The Balaban J connectivity index is 1.51. The van der Waals surface area contributed by atoms with E-state index in [1.807, 2.05) is 31.2 Å². The molecule has 1 aromatic carbocycles. The molecule has 9 heteroatoms. The molecular formula is C20H26ClN5O3. The number of rotatable bonds is 6. The molecule has 0 aliphatic carbocycles. The molecule has 0 unspecified atom stereocenters. The molecule has 1 fully saturated rings. The molecule has 1 N–H and O–H groups in total. The fourth-order valence-corrected chi connectivity index (χ4v) is 3.29. The molecule has 2 heterocycles. The second kappa shape index (κ2) is 9.28. The standard InChI is InChI=1S/C20H26ClN5O3/c1-14-20(21)15(2)26(23-14)13-19(28)24(3)12-18(27)22-16-4-6-17(7-5-16)25-8-10-29-11-9-25/h4-7H,8-13H2,1-3H3,(H,22,27). The first-order valence-corrected chi connectivity index (χ1v) is 9.89. The van der Waals surface area contributed by atoms with Gasteiger partial charge in [-0.05, 0) is 38.1 Å². The molecule has 156 valence electrons. The van der Waals surface area contributed by atoms with E-state index in [1.165, 1.54) is 4.90 Å². The number of morpholine rings is 1. The van der Waals surface area contributed by atoms with Crippen molar-refractivity contribution in [3.05, 3.63) is 40.7 Å². The van der Waals surface area contributed by atoms with Crippen molar-refractivity contribution in [1.29, 1.82) is 0 Å². The minimum absolute atomic E-state index is 0.0391. The van der Waals surface area contributed by atoms with Crippen molar-refractivity contribution in [3.8, 4) is 0 Å². The van der Waals surface area contributed by atoms with Crippen LogP contribution in [0, 0.1) is 13.8 Å². The Morgan fingerprint density at radius 3 is 2.45 bits per heavy atom. The Labute approximate surface area is 175 Å². The van der Waals surface area contributed by atoms with Gasteiger partial charge in [0.15, 0.2) is 0 Å². The molecule has 0 spiro atoms. The first-order chi connectivity index (χ1) is 13.8. The molecule has 29 heavy (non-hydrogen) atoms. The van der Waals surface area contributed by atoms with Crippen molar-refractivity contribution >= 4 is 34.8 Å². The maximum absolute atomic E-state index is 12.4. The van der Waals surface area contributed by atoms with E-state index in [1.54, 1.807) is 18.7 Å². The summed E-state index contributed by atoms with van der Waals surface area (Å²) in [6.45, 7) is 6.76. The summed E-state index contributed by atoms with van der Waals surface area (Å²) in [6.07, 6.45) is 0. The average molecular weight is 420 g/mol. The van der Waals surface area contributed by atoms with E-state index in [0.29, 0.717) is 16.4 Å². The van der Waals surface area contributed by atoms with Crippen molar-refractivity contribution in [2.75, 3.05) is 50.1 Å². The molecular weight excluding hydrogens is 394 g/mol. The van der Waals surface area contributed by atoms with Gasteiger partial charge in [-0.15, -0.1) is 0 Å². The van der Waals surface area contributed by atoms with E-state index in [0.717, 1.165) is 37.7 Å². The zero-order valence-corrected chi connectivity index (χ0v) is 17.7. The van der Waals surface area contributed by atoms with Gasteiger partial charge in [-0.1, -0.05) is 11.6 Å². The van der Waals surface area contributed by atoms with Gasteiger partial charge in [0.1, 0.15) is 6.54 Å². The van der Waals surface area contributed by atoms with Crippen LogP contribution >= 0.6 is 11.6 Å². The predicted octanol–water partition coefficient (Wildman–Crippen LogP) is 2.09. The molecule has 3 rings (SSSR count). The number of nitrogens with zero attached hydrogens (tertiary/aromatic N) is 4. The topological polar surface area (TPSA) is 79.7 Å². The van der Waals surface area contributed by atoms with E-state index in [9.17, 15) is 9.59 Å². The highest BCUT2D eigenvalue weighted by Gasteiger charge is 2.17. The Hall–Kier alpha value is -2.58. The number of ether oxygens (including phenoxy) is 1. The number of anilines is 2. The summed E-state index contributed by atoms with van der Waals surface area (Å²) in [4.78, 5) is 28.4. The number of benzene rings is 1. The second-order valence-corrected chi connectivity index (χ2v) is 7.46. The van der Waals surface area contributed by atoms with E-state index in [-0.39, 0.29) is 24.9 Å². The van der Waals surface area contributed by atoms with Gasteiger partial charge in [-0.3, -0.25) is 14.3 Å². The molecule has 1 saturated heterocycles. The lowest BCUT2D eigenvalue weighted by Crippen LogP contribution is -2.37. The maximum atomic E-state index is 12.4. The van der Waals surface area contributed by atoms with Crippen LogP contribution in [0.5, 0.6) is 0 Å². The number of nitrogens with one attached hydrogen (secondary N) is 1. The third kappa shape index (κ3) is 5.27. The highest BCUT2D eigenvalue weighted by Crippen LogP contribution is 2.20. The number of carbonyl (C=O) groups is 2. The van der Waals surface area contributed by atoms with E-state index in [4.69, 9.17) is 16.3 Å². The molecule has 0 saturated carbocycles. The third-order valence-electron chi connectivity index (χ3n) is 4.91. The largest absolute Gasteiger partial charge is 0.378 e. The highest BCUT2D eigenvalue weighted by atomic mass is 35.5. The lowest BCUT2D eigenvalue weighted by Gasteiger charge is -2.28. The number of hydrogen-bond acceptors (Lipinski definition) is 5. The molecule has 1 aliphatic rings. The summed E-state index contributed by atoms with van der Waals surface area (Å²) in [5.41, 5.74) is 3.20. The van der Waals surface area contributed by atoms with Crippen molar-refractivity contribution < 1.29 is 14.3 Å². The van der Waals surface area contributed by atoms with Gasteiger partial charge in [0.25, 0.3) is 0 Å². The molecule has 1 aromatic heterocycles. The predicted molar refractivity (Wildman–Crippen MR) is 112 cm³/mol. The highest BCUT2D eigenvalue weighted by molar-refractivity contribution is 6.31. The number of carbonyl (C=O) groups excluding carboxylic acids is 2. The molecule has 8 nitrogen and oxygen atoms in total. The van der Waals surface area contributed by atoms with Crippen molar-refractivity contribution in [2.24, 2.45) is 0 Å². The Kier molecular flexibility index (Phi) is 6.76. The summed E-state index contributed by atoms with van der Waals surface area (Å²) < 4.78 is 6.92. The molecule has 2 amide bonds. The minimum atomic E-state index is -0.258. The molecule has 0 bridgehead atoms. The van der Waals surface area contributed by atoms with Crippen LogP contribution in [0.2, 0.25) is 5.02 Å². The lowest BCUT2D eigenvalue weighted by atomic mass is 10.2. The second-order valence-electron chi connectivity index (χ2n) is 7.09. The fourth-order valence-electron chi connectivity index (χ4n) is 3.16. The van der Waals surface area contributed by atoms with E-state index < -0.39 is 0 Å². The number of likely N-dealkylation sites (N-methyl/N-ethyl adjacent to an activating group) is 1. The van der Waals surface area contributed by atoms with Crippen LogP contribution in [0.15, 0.2) is 24.3 Å². The van der Waals surface area contributed by atoms with Gasteiger partial charge in [0.05, 0.1) is 36.2 Å². The van der Waals surface area contributed by atoms with E-state index >= 15 is 0 Å². The normalized spacial score (nSPS) is 14.0. The van der Waals surface area contributed by atoms with Crippen LogP contribution in [0.1, 0.15) is 11.4 Å². The monoisotopic (exact) mass is 419 g/mol. The van der Waals surface area contributed by atoms with E-state index in [2.05, 4.69) is 15.3 Å². The zero-order valence-electron chi connectivity index (χ0n) is 16.9. The summed E-state index contributed by atoms with van der Waals surface area (Å²) >= 11 is 6.12. The van der Waals surface area contributed by atoms with Crippen LogP contribution in [-0.2, 0) is 20.9 Å². The van der Waals surface area contributed by atoms with Gasteiger partial charge < -0.3 is 19.9 Å². The summed E-state index contributed by atoms with van der Waals surface area (Å²) in [6, 6.07) is 7.68. The summed E-state index contributed by atoms with van der Waals surface area (Å²) in [5.74, 6) is -0.476. The maximum Gasteiger partial charge on any atom is 0.244 e. The van der Waals surface area contributed by atoms with Crippen LogP contribution in [0.3, 0.4) is 0 Å². The average Bonchev–Trinajstić information content (AvgIpc) is 2.95. The van der Waals surface area contributed by atoms with Gasteiger partial charge >= 0.3 is 0 Å². The zero-order chi connectivity index (χ0) is 21.0. The Bertz CT molecular complexity index is 875. The molecule has 0 atom stereocenters. The number of aryl methyl sites for hydroxylation is 1. The van der Waals surface area contributed by atoms with Gasteiger partial charge in [0, 0.05) is 31.5 Å². The molecule has 0 radical (unpaired) electrons. The SMILES string of the molecule is Cc1nn(CC(=O)N(C)CC(=O)Nc2ccc(N3CCOCC3)cc2)c(C)c1Cl. The molecule has 1 aliphatic heterocycles. The Morgan fingerprint density at radius 1 is 1.21 bits per heavy atom. The van der Waals surface area contributed by atoms with Crippen LogP contribution in [0.4, 0.5) is 11.4 Å². The van der Waals surface area contributed by atoms with Crippen molar-refractivity contribution in [1.82, 2.24) is 14.7 Å². The quantitative estimate of drug-likeness (QED) is 0.775. The first kappa shape index (κ1) is 21.1. The smallest absolute Gasteiger partial charge is 0.244 e. The van der Waals surface area contributed by atoms with Gasteiger partial charge in [-0.2, -0.15) is 5.10 Å². The van der Waals surface area contributed by atoms with Crippen LogP contribution < -0.4 is 10.2 Å². The minimum Gasteiger partial charge on any atom is -0.378 e. The number of amides is 2. The van der Waals surface area contributed by atoms with Crippen molar-refractivity contribution in [3.63, 3.8) is 0 Å². The molecule has 2 aromatic rings. The number of halogens is 1.